The minimum Gasteiger partial charge on any atom is -0.481 e. The van der Waals surface area contributed by atoms with Crippen LogP contribution in [0.1, 0.15) is 33.1 Å². The van der Waals surface area contributed by atoms with Crippen LogP contribution in [-0.2, 0) is 24.0 Å². The van der Waals surface area contributed by atoms with E-state index in [1.54, 1.807) is 0 Å². The third-order valence-electron chi connectivity index (χ3n) is 4.11. The maximum atomic E-state index is 12.5. The fourth-order valence-corrected chi connectivity index (χ4v) is 2.38. The molecule has 15 nitrogen and oxygen atoms in total. The zero-order valence-electron chi connectivity index (χ0n) is 17.8. The van der Waals surface area contributed by atoms with Crippen LogP contribution in [-0.4, -0.2) is 87.8 Å². The van der Waals surface area contributed by atoms with E-state index in [1.807, 2.05) is 0 Å². The van der Waals surface area contributed by atoms with Gasteiger partial charge in [-0.25, -0.2) is 4.79 Å². The number of carbonyl (C=O) groups is 5. The van der Waals surface area contributed by atoms with Crippen molar-refractivity contribution in [1.29, 1.82) is 0 Å². The first-order valence-electron chi connectivity index (χ1n) is 9.61. The zero-order valence-corrected chi connectivity index (χ0v) is 17.8. The van der Waals surface area contributed by atoms with Gasteiger partial charge in [0.25, 0.3) is 0 Å². The molecule has 0 rings (SSSR count). The van der Waals surface area contributed by atoms with Gasteiger partial charge in [-0.05, 0) is 26.7 Å². The first kappa shape index (κ1) is 28.5. The molecular formula is C17H31N7O8. The summed E-state index contributed by atoms with van der Waals surface area (Å²) in [6.07, 6.45) is -1.83. The van der Waals surface area contributed by atoms with Crippen LogP contribution in [0.25, 0.3) is 0 Å². The van der Waals surface area contributed by atoms with Crippen LogP contribution in [0, 0.1) is 0 Å². The fraction of sp³-hybridized carbons (Fsp3) is 0.647. The standard InChI is InChI=1S/C17H31N7O8/c1-7(22-14(29)9(18)6-11(26)27)13(28)23-10(4-3-5-21-17(19)20)15(30)24-12(8(2)25)16(31)32/h7-10,12,25H,3-6,18H2,1-2H3,(H,22,29)(H,23,28)(H,24,30)(H,26,27)(H,31,32)(H4,19,20,21). The number of hydrogen-bond donors (Lipinski definition) is 9. The summed E-state index contributed by atoms with van der Waals surface area (Å²) >= 11 is 0. The van der Waals surface area contributed by atoms with Crippen molar-refractivity contribution in [1.82, 2.24) is 16.0 Å². The number of nitrogens with two attached hydrogens (primary N) is 3. The summed E-state index contributed by atoms with van der Waals surface area (Å²) in [5, 5.41) is 34.1. The van der Waals surface area contributed by atoms with Crippen LogP contribution in [0.15, 0.2) is 4.99 Å². The molecule has 5 unspecified atom stereocenters. The minimum atomic E-state index is -1.62. The van der Waals surface area contributed by atoms with Gasteiger partial charge in [-0.1, -0.05) is 0 Å². The molecule has 182 valence electrons. The van der Waals surface area contributed by atoms with Gasteiger partial charge in [0, 0.05) is 6.54 Å². The summed E-state index contributed by atoms with van der Waals surface area (Å²) in [7, 11) is 0. The summed E-state index contributed by atoms with van der Waals surface area (Å²) in [4.78, 5) is 62.5. The second-order valence-electron chi connectivity index (χ2n) is 7.01. The molecule has 0 aromatic heterocycles. The van der Waals surface area contributed by atoms with E-state index in [1.165, 1.54) is 13.8 Å². The maximum absolute atomic E-state index is 12.5. The van der Waals surface area contributed by atoms with Crippen LogP contribution < -0.4 is 33.2 Å². The highest BCUT2D eigenvalue weighted by Crippen LogP contribution is 2.03. The van der Waals surface area contributed by atoms with Gasteiger partial charge in [-0.3, -0.25) is 24.2 Å². The molecule has 5 atom stereocenters. The lowest BCUT2D eigenvalue weighted by molar-refractivity contribution is -0.145. The number of amides is 3. The average Bonchev–Trinajstić information content (AvgIpc) is 2.66. The van der Waals surface area contributed by atoms with Gasteiger partial charge >= 0.3 is 11.9 Å². The number of nitrogens with one attached hydrogen (secondary N) is 3. The van der Waals surface area contributed by atoms with Gasteiger partial charge in [-0.2, -0.15) is 0 Å². The Morgan fingerprint density at radius 3 is 2.00 bits per heavy atom. The van der Waals surface area contributed by atoms with Crippen molar-refractivity contribution in [3.63, 3.8) is 0 Å². The number of aliphatic carboxylic acids is 2. The molecule has 0 aromatic rings. The van der Waals surface area contributed by atoms with Gasteiger partial charge in [0.15, 0.2) is 12.0 Å². The van der Waals surface area contributed by atoms with E-state index < -0.39 is 66.4 Å². The summed E-state index contributed by atoms with van der Waals surface area (Å²) < 4.78 is 0. The van der Waals surface area contributed by atoms with Crippen molar-refractivity contribution in [3.05, 3.63) is 0 Å². The SMILES string of the molecule is CC(NC(=O)C(N)CC(=O)O)C(=O)NC(CCCN=C(N)N)C(=O)NC(C(=O)O)C(C)O. The molecule has 0 spiro atoms. The van der Waals surface area contributed by atoms with Gasteiger partial charge in [-0.15, -0.1) is 0 Å². The Balaban J connectivity index is 5.23. The molecule has 0 aliphatic heterocycles. The Morgan fingerprint density at radius 2 is 1.53 bits per heavy atom. The van der Waals surface area contributed by atoms with Gasteiger partial charge in [0.05, 0.1) is 18.6 Å². The van der Waals surface area contributed by atoms with E-state index in [4.69, 9.17) is 27.4 Å². The number of carboxylic acid groups (broad SMARTS) is 2. The Hall–Kier alpha value is -3.46. The van der Waals surface area contributed by atoms with Crippen LogP contribution in [0.5, 0.6) is 0 Å². The van der Waals surface area contributed by atoms with Crippen molar-refractivity contribution >= 4 is 35.6 Å². The van der Waals surface area contributed by atoms with Crippen molar-refractivity contribution < 1.29 is 39.3 Å². The third-order valence-corrected chi connectivity index (χ3v) is 4.11. The predicted octanol–water partition coefficient (Wildman–Crippen LogP) is -4.22. The van der Waals surface area contributed by atoms with Crippen LogP contribution in [0.4, 0.5) is 0 Å². The number of carbonyl (C=O) groups excluding carboxylic acids is 3. The normalized spacial score (nSPS) is 15.2. The molecule has 3 amide bonds. The number of aliphatic hydroxyl groups excluding tert-OH is 1. The Kier molecular flexibility index (Phi) is 12.3. The zero-order chi connectivity index (χ0) is 25.0. The first-order chi connectivity index (χ1) is 14.8. The quantitative estimate of drug-likeness (QED) is 0.0679. The topological polar surface area (TPSA) is 273 Å². The van der Waals surface area contributed by atoms with Crippen LogP contribution >= 0.6 is 0 Å². The lowest BCUT2D eigenvalue weighted by atomic mass is 10.1. The predicted molar refractivity (Wildman–Crippen MR) is 111 cm³/mol. The Morgan fingerprint density at radius 1 is 0.938 bits per heavy atom. The fourth-order valence-electron chi connectivity index (χ4n) is 2.38. The van der Waals surface area contributed by atoms with E-state index in [2.05, 4.69) is 20.9 Å². The van der Waals surface area contributed by atoms with Crippen LogP contribution in [0.2, 0.25) is 0 Å². The Labute approximate surface area is 183 Å². The summed E-state index contributed by atoms with van der Waals surface area (Å²) in [5.74, 6) is -5.54. The monoisotopic (exact) mass is 461 g/mol. The highest BCUT2D eigenvalue weighted by Gasteiger charge is 2.30. The number of guanidine groups is 1. The van der Waals surface area contributed by atoms with Crippen molar-refractivity contribution in [2.75, 3.05) is 6.54 Å². The molecule has 0 aromatic carbocycles. The molecule has 0 aliphatic rings. The van der Waals surface area contributed by atoms with Gasteiger partial charge < -0.3 is 48.5 Å². The number of aliphatic hydroxyl groups is 1. The van der Waals surface area contributed by atoms with Crippen molar-refractivity contribution in [2.24, 2.45) is 22.2 Å². The largest absolute Gasteiger partial charge is 0.481 e. The highest BCUT2D eigenvalue weighted by atomic mass is 16.4. The van der Waals surface area contributed by atoms with Gasteiger partial charge in [0.1, 0.15) is 12.1 Å². The second kappa shape index (κ2) is 13.8. The number of carboxylic acids is 2. The van der Waals surface area contributed by atoms with Gasteiger partial charge in [0.2, 0.25) is 17.7 Å². The second-order valence-corrected chi connectivity index (χ2v) is 7.01. The number of aliphatic imine (C=N–C) groups is 1. The van der Waals surface area contributed by atoms with Crippen molar-refractivity contribution in [3.8, 4) is 0 Å². The molecule has 0 bridgehead atoms. The average molecular weight is 461 g/mol. The summed E-state index contributed by atoms with van der Waals surface area (Å²) in [6, 6.07) is -5.44. The molecule has 0 saturated carbocycles. The summed E-state index contributed by atoms with van der Waals surface area (Å²) in [5.41, 5.74) is 15.9. The number of nitrogens with zero attached hydrogens (tertiary/aromatic N) is 1. The molecule has 0 aliphatic carbocycles. The molecule has 0 saturated heterocycles. The summed E-state index contributed by atoms with van der Waals surface area (Å²) in [6.45, 7) is 2.57. The smallest absolute Gasteiger partial charge is 0.328 e. The Bertz CT molecular complexity index is 724. The van der Waals surface area contributed by atoms with Crippen LogP contribution in [0.3, 0.4) is 0 Å². The van der Waals surface area contributed by atoms with E-state index in [9.17, 15) is 29.1 Å². The van der Waals surface area contributed by atoms with E-state index in [0.29, 0.717) is 0 Å². The van der Waals surface area contributed by atoms with E-state index in [0.717, 1.165) is 0 Å². The van der Waals surface area contributed by atoms with E-state index >= 15 is 0 Å². The minimum absolute atomic E-state index is 0.000301. The maximum Gasteiger partial charge on any atom is 0.328 e. The first-order valence-corrected chi connectivity index (χ1v) is 9.61. The lowest BCUT2D eigenvalue weighted by Crippen LogP contribution is -2.57. The highest BCUT2D eigenvalue weighted by molar-refractivity contribution is 5.94. The molecular weight excluding hydrogens is 430 g/mol. The molecule has 0 fully saturated rings. The number of rotatable bonds is 14. The third kappa shape index (κ3) is 11.1. The van der Waals surface area contributed by atoms with E-state index in [-0.39, 0.29) is 25.3 Å². The molecule has 0 heterocycles. The molecule has 32 heavy (non-hydrogen) atoms. The lowest BCUT2D eigenvalue weighted by Gasteiger charge is -2.24. The molecule has 12 N–H and O–H groups in total. The molecule has 15 heteroatoms. The number of hydrogen-bond acceptors (Lipinski definition) is 8. The molecule has 0 radical (unpaired) electrons. The van der Waals surface area contributed by atoms with Crippen molar-refractivity contribution in [2.45, 2.75) is 63.4 Å².